The van der Waals surface area contributed by atoms with Gasteiger partial charge in [0.1, 0.15) is 5.78 Å². The second-order valence-corrected chi connectivity index (χ2v) is 4.69. The second kappa shape index (κ2) is 5.23. The van der Waals surface area contributed by atoms with Crippen molar-refractivity contribution >= 4 is 17.1 Å². The fourth-order valence-electron chi connectivity index (χ4n) is 1.56. The van der Waals surface area contributed by atoms with Crippen LogP contribution in [0.4, 0.5) is 0 Å². The van der Waals surface area contributed by atoms with E-state index in [0.717, 1.165) is 17.5 Å². The van der Waals surface area contributed by atoms with Crippen LogP contribution in [-0.4, -0.2) is 15.9 Å². The van der Waals surface area contributed by atoms with Crippen LogP contribution in [0.25, 0.3) is 11.4 Å². The van der Waals surface area contributed by atoms with Crippen molar-refractivity contribution in [1.29, 1.82) is 0 Å². The summed E-state index contributed by atoms with van der Waals surface area (Å²) in [4.78, 5) is 15.7. The number of hydrogen-bond acceptors (Lipinski definition) is 5. The zero-order valence-electron chi connectivity index (χ0n) is 9.90. The first-order chi connectivity index (χ1) is 8.20. The molecule has 90 valence electrons. The van der Waals surface area contributed by atoms with Gasteiger partial charge in [0.15, 0.2) is 0 Å². The third-order valence-electron chi connectivity index (χ3n) is 2.44. The number of aromatic nitrogens is 2. The predicted octanol–water partition coefficient (Wildman–Crippen LogP) is 3.02. The third kappa shape index (κ3) is 2.79. The lowest BCUT2D eigenvalue weighted by Gasteiger charge is -1.92. The van der Waals surface area contributed by atoms with Gasteiger partial charge in [0.2, 0.25) is 11.7 Å². The molecule has 0 radical (unpaired) electrons. The molecule has 0 aliphatic rings. The van der Waals surface area contributed by atoms with Crippen LogP contribution in [0.1, 0.15) is 31.2 Å². The molecule has 0 saturated carbocycles. The minimum atomic E-state index is 0.143. The molecule has 0 spiro atoms. The molecule has 0 atom stereocenters. The molecule has 0 aliphatic carbocycles. The SMILES string of the molecule is CCCC(=O)Cc1nc(-c2cscc2C)no1. The summed E-state index contributed by atoms with van der Waals surface area (Å²) in [7, 11) is 0. The Hall–Kier alpha value is -1.49. The predicted molar refractivity (Wildman–Crippen MR) is 66.0 cm³/mol. The molecule has 5 heteroatoms. The Morgan fingerprint density at radius 3 is 2.94 bits per heavy atom. The first kappa shape index (κ1) is 12.0. The first-order valence-electron chi connectivity index (χ1n) is 5.58. The molecule has 0 N–H and O–H groups in total. The molecular weight excluding hydrogens is 236 g/mol. The summed E-state index contributed by atoms with van der Waals surface area (Å²) in [6.45, 7) is 3.98. The van der Waals surface area contributed by atoms with Crippen molar-refractivity contribution in [2.45, 2.75) is 33.1 Å². The zero-order valence-corrected chi connectivity index (χ0v) is 10.7. The van der Waals surface area contributed by atoms with Crippen LogP contribution in [0.3, 0.4) is 0 Å². The van der Waals surface area contributed by atoms with Crippen LogP contribution in [-0.2, 0) is 11.2 Å². The molecule has 0 aromatic carbocycles. The summed E-state index contributed by atoms with van der Waals surface area (Å²) in [6.07, 6.45) is 1.66. The Kier molecular flexibility index (Phi) is 3.68. The highest BCUT2D eigenvalue weighted by Crippen LogP contribution is 2.24. The summed E-state index contributed by atoms with van der Waals surface area (Å²) in [5, 5.41) is 7.92. The number of carbonyl (C=O) groups is 1. The maximum atomic E-state index is 11.4. The Balaban J connectivity index is 2.11. The lowest BCUT2D eigenvalue weighted by molar-refractivity contribution is -0.118. The number of nitrogens with zero attached hydrogens (tertiary/aromatic N) is 2. The normalized spacial score (nSPS) is 10.7. The van der Waals surface area contributed by atoms with Gasteiger partial charge in [0, 0.05) is 17.4 Å². The van der Waals surface area contributed by atoms with Gasteiger partial charge < -0.3 is 4.52 Å². The van der Waals surface area contributed by atoms with E-state index in [-0.39, 0.29) is 12.2 Å². The van der Waals surface area contributed by atoms with E-state index in [1.54, 1.807) is 11.3 Å². The van der Waals surface area contributed by atoms with Gasteiger partial charge in [-0.3, -0.25) is 4.79 Å². The highest BCUT2D eigenvalue weighted by molar-refractivity contribution is 7.08. The van der Waals surface area contributed by atoms with E-state index in [1.807, 2.05) is 24.6 Å². The molecule has 2 aromatic heterocycles. The average Bonchev–Trinajstić information content (AvgIpc) is 2.87. The molecule has 17 heavy (non-hydrogen) atoms. The van der Waals surface area contributed by atoms with Crippen molar-refractivity contribution < 1.29 is 9.32 Å². The molecule has 0 unspecified atom stereocenters. The molecule has 0 amide bonds. The third-order valence-corrected chi connectivity index (χ3v) is 3.30. The standard InChI is InChI=1S/C12H14N2O2S/c1-3-4-9(15)5-11-13-12(14-16-11)10-7-17-6-8(10)2/h6-7H,3-5H2,1-2H3. The Morgan fingerprint density at radius 2 is 2.29 bits per heavy atom. The molecule has 2 rings (SSSR count). The largest absolute Gasteiger partial charge is 0.338 e. The number of carbonyl (C=O) groups excluding carboxylic acids is 1. The highest BCUT2D eigenvalue weighted by Gasteiger charge is 2.13. The molecule has 0 saturated heterocycles. The van der Waals surface area contributed by atoms with Crippen molar-refractivity contribution in [2.75, 3.05) is 0 Å². The van der Waals surface area contributed by atoms with Crippen molar-refractivity contribution in [2.24, 2.45) is 0 Å². The van der Waals surface area contributed by atoms with Gasteiger partial charge in [-0.1, -0.05) is 12.1 Å². The number of thiophene rings is 1. The molecule has 2 heterocycles. The molecule has 0 bridgehead atoms. The van der Waals surface area contributed by atoms with Crippen LogP contribution < -0.4 is 0 Å². The topological polar surface area (TPSA) is 56.0 Å². The van der Waals surface area contributed by atoms with Crippen LogP contribution in [0, 0.1) is 6.92 Å². The molecule has 0 aliphatic heterocycles. The average molecular weight is 250 g/mol. The van der Waals surface area contributed by atoms with E-state index < -0.39 is 0 Å². The summed E-state index contributed by atoms with van der Waals surface area (Å²) in [5.74, 6) is 1.12. The lowest BCUT2D eigenvalue weighted by atomic mass is 10.2. The Bertz CT molecular complexity index is 516. The summed E-state index contributed by atoms with van der Waals surface area (Å²) in [5.41, 5.74) is 2.11. The van der Waals surface area contributed by atoms with E-state index in [1.165, 1.54) is 0 Å². The van der Waals surface area contributed by atoms with E-state index in [4.69, 9.17) is 4.52 Å². The summed E-state index contributed by atoms with van der Waals surface area (Å²) in [6, 6.07) is 0. The van der Waals surface area contributed by atoms with Crippen LogP contribution in [0.5, 0.6) is 0 Å². The fourth-order valence-corrected chi connectivity index (χ4v) is 2.39. The number of aryl methyl sites for hydroxylation is 1. The van der Waals surface area contributed by atoms with Crippen molar-refractivity contribution in [1.82, 2.24) is 10.1 Å². The minimum absolute atomic E-state index is 0.143. The lowest BCUT2D eigenvalue weighted by Crippen LogP contribution is -2.01. The molecular formula is C12H14N2O2S. The van der Waals surface area contributed by atoms with Crippen molar-refractivity contribution in [3.63, 3.8) is 0 Å². The Labute approximate surface area is 104 Å². The van der Waals surface area contributed by atoms with E-state index in [9.17, 15) is 4.79 Å². The number of Topliss-reactive ketones (excluding diaryl/α,β-unsaturated/α-hetero) is 1. The van der Waals surface area contributed by atoms with E-state index in [0.29, 0.717) is 18.1 Å². The highest BCUT2D eigenvalue weighted by atomic mass is 32.1. The first-order valence-corrected chi connectivity index (χ1v) is 6.52. The number of rotatable bonds is 5. The van der Waals surface area contributed by atoms with Gasteiger partial charge >= 0.3 is 0 Å². The smallest absolute Gasteiger partial charge is 0.234 e. The molecule has 4 nitrogen and oxygen atoms in total. The van der Waals surface area contributed by atoms with Gasteiger partial charge in [-0.05, 0) is 24.3 Å². The van der Waals surface area contributed by atoms with Crippen LogP contribution in [0.2, 0.25) is 0 Å². The maximum Gasteiger partial charge on any atom is 0.234 e. The number of hydrogen-bond donors (Lipinski definition) is 0. The molecule has 2 aromatic rings. The minimum Gasteiger partial charge on any atom is -0.338 e. The summed E-state index contributed by atoms with van der Waals surface area (Å²) >= 11 is 1.60. The van der Waals surface area contributed by atoms with E-state index >= 15 is 0 Å². The van der Waals surface area contributed by atoms with Crippen molar-refractivity contribution in [3.8, 4) is 11.4 Å². The quantitative estimate of drug-likeness (QED) is 0.818. The van der Waals surface area contributed by atoms with Gasteiger partial charge in [-0.25, -0.2) is 0 Å². The Morgan fingerprint density at radius 1 is 1.47 bits per heavy atom. The van der Waals surface area contributed by atoms with Crippen LogP contribution >= 0.6 is 11.3 Å². The van der Waals surface area contributed by atoms with E-state index in [2.05, 4.69) is 10.1 Å². The summed E-state index contributed by atoms with van der Waals surface area (Å²) < 4.78 is 5.08. The van der Waals surface area contributed by atoms with Gasteiger partial charge in [0.05, 0.1) is 6.42 Å². The maximum absolute atomic E-state index is 11.4. The zero-order chi connectivity index (χ0) is 12.3. The number of ketones is 1. The van der Waals surface area contributed by atoms with Crippen molar-refractivity contribution in [3.05, 3.63) is 22.2 Å². The van der Waals surface area contributed by atoms with Gasteiger partial charge in [-0.15, -0.1) is 0 Å². The molecule has 0 fully saturated rings. The second-order valence-electron chi connectivity index (χ2n) is 3.95. The fraction of sp³-hybridized carbons (Fsp3) is 0.417. The van der Waals surface area contributed by atoms with Crippen LogP contribution in [0.15, 0.2) is 15.3 Å². The monoisotopic (exact) mass is 250 g/mol. The van der Waals surface area contributed by atoms with Gasteiger partial charge in [0.25, 0.3) is 0 Å². The van der Waals surface area contributed by atoms with Gasteiger partial charge in [-0.2, -0.15) is 16.3 Å².